The molecule has 1 heterocycles. The molecule has 1 aromatic rings. The lowest BCUT2D eigenvalue weighted by molar-refractivity contribution is -0.125. The van der Waals surface area contributed by atoms with Crippen molar-refractivity contribution in [1.29, 1.82) is 0 Å². The summed E-state index contributed by atoms with van der Waals surface area (Å²) in [7, 11) is 0. The molecule has 0 aliphatic rings. The largest absolute Gasteiger partial charge is 0.452 e. The van der Waals surface area contributed by atoms with Gasteiger partial charge in [-0.3, -0.25) is 0 Å². The highest BCUT2D eigenvalue weighted by atomic mass is 79.9. The molecule has 0 atom stereocenters. The lowest BCUT2D eigenvalue weighted by Gasteiger charge is -2.14. The highest BCUT2D eigenvalue weighted by molar-refractivity contribution is 9.13. The van der Waals surface area contributed by atoms with E-state index < -0.39 is 18.9 Å². The van der Waals surface area contributed by atoms with Crippen molar-refractivity contribution in [2.75, 3.05) is 6.54 Å². The number of hydrogen-bond donors (Lipinski definition) is 1. The van der Waals surface area contributed by atoms with Crippen molar-refractivity contribution in [3.63, 3.8) is 0 Å². The Kier molecular flexibility index (Phi) is 4.81. The Labute approximate surface area is 106 Å². The Morgan fingerprint density at radius 3 is 2.44 bits per heavy atom. The zero-order valence-corrected chi connectivity index (χ0v) is 10.9. The van der Waals surface area contributed by atoms with Crippen molar-refractivity contribution in [1.82, 2.24) is 5.32 Å². The molecule has 0 fully saturated rings. The predicted molar refractivity (Wildman–Crippen MR) is 56.8 cm³/mol. The molecule has 0 saturated heterocycles. The smallest absolute Gasteiger partial charge is 0.319 e. The number of furan rings is 1. The van der Waals surface area contributed by atoms with Gasteiger partial charge in [-0.15, -0.1) is 0 Å². The molecule has 0 aliphatic carbocycles. The van der Waals surface area contributed by atoms with Crippen LogP contribution in [0.4, 0.5) is 17.6 Å². The first kappa shape index (κ1) is 14.0. The first-order valence-corrected chi connectivity index (χ1v) is 5.72. The molecule has 16 heavy (non-hydrogen) atoms. The van der Waals surface area contributed by atoms with Crippen molar-refractivity contribution in [2.45, 2.75) is 18.9 Å². The fraction of sp³-hybridized carbons (Fsp3) is 0.500. The van der Waals surface area contributed by atoms with E-state index in [0.717, 1.165) is 0 Å². The van der Waals surface area contributed by atoms with Crippen LogP contribution in [0.15, 0.2) is 19.6 Å². The molecule has 1 rings (SSSR count). The molecule has 0 radical (unpaired) electrons. The fourth-order valence-corrected chi connectivity index (χ4v) is 1.57. The number of rotatable bonds is 5. The van der Waals surface area contributed by atoms with E-state index in [1.807, 2.05) is 0 Å². The molecule has 0 spiro atoms. The predicted octanol–water partition coefficient (Wildman–Crippen LogP) is 3.79. The number of alkyl halides is 4. The molecule has 0 bridgehead atoms. The Bertz CT molecular complexity index is 336. The summed E-state index contributed by atoms with van der Waals surface area (Å²) in [6.45, 7) is -1.15. The maximum absolute atomic E-state index is 12.5. The quantitative estimate of drug-likeness (QED) is 0.800. The number of hydrogen-bond acceptors (Lipinski definition) is 2. The summed E-state index contributed by atoms with van der Waals surface area (Å²) in [6.07, 6.45) is -3.67. The minimum atomic E-state index is -4.03. The molecule has 0 saturated carbocycles. The second-order valence-corrected chi connectivity index (χ2v) is 4.57. The normalized spacial score (nSPS) is 12.4. The standard InChI is InChI=1S/C8H7Br2F4NO/c9-5-1-4(16-6(5)10)2-15-3-8(13,14)7(11)12/h1,7,15H,2-3H2. The average Bonchev–Trinajstić information content (AvgIpc) is 2.45. The molecule has 1 N–H and O–H groups in total. The second kappa shape index (κ2) is 5.50. The molecule has 2 nitrogen and oxygen atoms in total. The van der Waals surface area contributed by atoms with E-state index in [0.29, 0.717) is 14.9 Å². The van der Waals surface area contributed by atoms with E-state index in [1.165, 1.54) is 0 Å². The van der Waals surface area contributed by atoms with Gasteiger partial charge in [-0.2, -0.15) is 8.78 Å². The monoisotopic (exact) mass is 367 g/mol. The Balaban J connectivity index is 2.41. The van der Waals surface area contributed by atoms with E-state index in [4.69, 9.17) is 4.42 Å². The Morgan fingerprint density at radius 2 is 2.00 bits per heavy atom. The summed E-state index contributed by atoms with van der Waals surface area (Å²) in [4.78, 5) is 0. The molecule has 0 unspecified atom stereocenters. The third kappa shape index (κ3) is 3.74. The van der Waals surface area contributed by atoms with E-state index in [9.17, 15) is 17.6 Å². The Hall–Kier alpha value is -0.0800. The van der Waals surface area contributed by atoms with Crippen molar-refractivity contribution in [3.8, 4) is 0 Å². The van der Waals surface area contributed by atoms with Gasteiger partial charge in [-0.05, 0) is 37.9 Å². The van der Waals surface area contributed by atoms with E-state index in [2.05, 4.69) is 37.2 Å². The van der Waals surface area contributed by atoms with Crippen molar-refractivity contribution in [3.05, 3.63) is 21.0 Å². The summed E-state index contributed by atoms with van der Waals surface area (Å²) in [5.74, 6) is -3.66. The first-order chi connectivity index (χ1) is 7.33. The molecule has 0 aliphatic heterocycles. The highest BCUT2D eigenvalue weighted by Crippen LogP contribution is 2.27. The van der Waals surface area contributed by atoms with Gasteiger partial charge in [0.05, 0.1) is 17.6 Å². The minimum Gasteiger partial charge on any atom is -0.452 e. The van der Waals surface area contributed by atoms with Gasteiger partial charge in [-0.25, -0.2) is 8.78 Å². The van der Waals surface area contributed by atoms with Crippen LogP contribution in [0.3, 0.4) is 0 Å². The molecular formula is C8H7Br2F4NO. The topological polar surface area (TPSA) is 25.2 Å². The van der Waals surface area contributed by atoms with Crippen molar-refractivity contribution in [2.24, 2.45) is 0 Å². The fourth-order valence-electron chi connectivity index (χ4n) is 0.908. The Morgan fingerprint density at radius 1 is 1.38 bits per heavy atom. The maximum atomic E-state index is 12.5. The summed E-state index contributed by atoms with van der Waals surface area (Å²) in [5, 5.41) is 2.20. The zero-order valence-electron chi connectivity index (χ0n) is 7.74. The summed E-state index contributed by atoms with van der Waals surface area (Å²) in [5.41, 5.74) is 0. The van der Waals surface area contributed by atoms with E-state index in [1.54, 1.807) is 6.07 Å². The molecular weight excluding hydrogens is 362 g/mol. The van der Waals surface area contributed by atoms with Gasteiger partial charge in [0.2, 0.25) is 0 Å². The zero-order chi connectivity index (χ0) is 12.3. The van der Waals surface area contributed by atoms with Crippen LogP contribution in [0.5, 0.6) is 0 Å². The van der Waals surface area contributed by atoms with Gasteiger partial charge < -0.3 is 9.73 Å². The third-order valence-corrected chi connectivity index (χ3v) is 3.39. The highest BCUT2D eigenvalue weighted by Gasteiger charge is 2.40. The third-order valence-electron chi connectivity index (χ3n) is 1.68. The van der Waals surface area contributed by atoms with Crippen LogP contribution in [-0.2, 0) is 6.54 Å². The van der Waals surface area contributed by atoms with Crippen LogP contribution in [-0.4, -0.2) is 18.9 Å². The second-order valence-electron chi connectivity index (χ2n) is 3.00. The molecule has 0 aromatic carbocycles. The van der Waals surface area contributed by atoms with Gasteiger partial charge >= 0.3 is 12.3 Å². The number of halogens is 6. The number of nitrogens with one attached hydrogen (secondary N) is 1. The van der Waals surface area contributed by atoms with Crippen LogP contribution >= 0.6 is 31.9 Å². The summed E-state index contributed by atoms with van der Waals surface area (Å²) >= 11 is 6.20. The van der Waals surface area contributed by atoms with Crippen LogP contribution < -0.4 is 5.32 Å². The van der Waals surface area contributed by atoms with Crippen LogP contribution in [0.1, 0.15) is 5.76 Å². The average molecular weight is 369 g/mol. The maximum Gasteiger partial charge on any atom is 0.319 e. The molecule has 92 valence electrons. The first-order valence-electron chi connectivity index (χ1n) is 4.13. The van der Waals surface area contributed by atoms with Crippen LogP contribution in [0.25, 0.3) is 0 Å². The van der Waals surface area contributed by atoms with Gasteiger partial charge in [0.25, 0.3) is 0 Å². The lowest BCUT2D eigenvalue weighted by Crippen LogP contribution is -2.38. The molecule has 0 amide bonds. The van der Waals surface area contributed by atoms with E-state index >= 15 is 0 Å². The van der Waals surface area contributed by atoms with Crippen molar-refractivity contribution >= 4 is 31.9 Å². The summed E-state index contributed by atoms with van der Waals surface area (Å²) in [6, 6.07) is 1.55. The van der Waals surface area contributed by atoms with Gasteiger partial charge in [0, 0.05) is 0 Å². The van der Waals surface area contributed by atoms with Crippen LogP contribution in [0, 0.1) is 0 Å². The molecule has 8 heteroatoms. The van der Waals surface area contributed by atoms with E-state index in [-0.39, 0.29) is 6.54 Å². The minimum absolute atomic E-state index is 0.0491. The van der Waals surface area contributed by atoms with Gasteiger partial charge in [0.15, 0.2) is 4.67 Å². The van der Waals surface area contributed by atoms with Gasteiger partial charge in [-0.1, -0.05) is 0 Å². The summed E-state index contributed by atoms with van der Waals surface area (Å²) < 4.78 is 54.6. The molecule has 1 aromatic heterocycles. The van der Waals surface area contributed by atoms with Crippen LogP contribution in [0.2, 0.25) is 0 Å². The van der Waals surface area contributed by atoms with Crippen molar-refractivity contribution < 1.29 is 22.0 Å². The SMILES string of the molecule is FC(F)C(F)(F)CNCc1cc(Br)c(Br)o1. The van der Waals surface area contributed by atoms with Gasteiger partial charge in [0.1, 0.15) is 5.76 Å². The lowest BCUT2D eigenvalue weighted by atomic mass is 10.3.